The number of aryl methyl sites for hydroxylation is 1. The predicted molar refractivity (Wildman–Crippen MR) is 72.1 cm³/mol. The number of nitrogens with one attached hydrogen (secondary N) is 1. The summed E-state index contributed by atoms with van der Waals surface area (Å²) in [7, 11) is 0. The second kappa shape index (κ2) is 6.09. The highest BCUT2D eigenvalue weighted by atomic mass is 32.1. The van der Waals surface area contributed by atoms with E-state index in [4.69, 9.17) is 0 Å². The molecule has 2 rings (SSSR count). The Morgan fingerprint density at radius 3 is 2.83 bits per heavy atom. The van der Waals surface area contributed by atoms with Crippen molar-refractivity contribution in [3.8, 4) is 0 Å². The lowest BCUT2D eigenvalue weighted by Gasteiger charge is -2.18. The van der Waals surface area contributed by atoms with Crippen molar-refractivity contribution in [1.29, 1.82) is 0 Å². The third-order valence-corrected chi connectivity index (χ3v) is 3.77. The average Bonchev–Trinajstić information content (AvgIpc) is 2.85. The third-order valence-electron chi connectivity index (χ3n) is 2.89. The molecule has 2 aromatic rings. The first kappa shape index (κ1) is 13.2. The second-order valence-electron chi connectivity index (χ2n) is 4.20. The molecular weight excluding hydrogens is 249 g/mol. The van der Waals surface area contributed by atoms with E-state index in [-0.39, 0.29) is 18.5 Å². The highest BCUT2D eigenvalue weighted by Crippen LogP contribution is 2.19. The summed E-state index contributed by atoms with van der Waals surface area (Å²) in [5.41, 5.74) is 1.79. The van der Waals surface area contributed by atoms with Crippen molar-refractivity contribution >= 4 is 11.3 Å². The van der Waals surface area contributed by atoms with Crippen molar-refractivity contribution in [2.75, 3.05) is 6.61 Å². The van der Waals surface area contributed by atoms with Crippen molar-refractivity contribution in [1.82, 2.24) is 5.32 Å². The van der Waals surface area contributed by atoms with Crippen LogP contribution in [-0.4, -0.2) is 11.7 Å². The molecule has 1 unspecified atom stereocenters. The largest absolute Gasteiger partial charge is 0.394 e. The fourth-order valence-corrected chi connectivity index (χ4v) is 2.60. The van der Waals surface area contributed by atoms with E-state index in [1.54, 1.807) is 17.4 Å². The number of hydrogen-bond donors (Lipinski definition) is 2. The van der Waals surface area contributed by atoms with Crippen molar-refractivity contribution in [2.24, 2.45) is 0 Å². The zero-order valence-corrected chi connectivity index (χ0v) is 11.0. The summed E-state index contributed by atoms with van der Waals surface area (Å²) in [6.45, 7) is 2.56. The number of thiophene rings is 1. The van der Waals surface area contributed by atoms with E-state index in [0.717, 1.165) is 11.1 Å². The molecule has 0 spiro atoms. The van der Waals surface area contributed by atoms with Crippen LogP contribution in [0.25, 0.3) is 0 Å². The van der Waals surface area contributed by atoms with Gasteiger partial charge in [0.2, 0.25) is 0 Å². The lowest BCUT2D eigenvalue weighted by Crippen LogP contribution is -2.24. The fourth-order valence-electron chi connectivity index (χ4n) is 1.94. The van der Waals surface area contributed by atoms with Gasteiger partial charge in [-0.15, -0.1) is 11.3 Å². The van der Waals surface area contributed by atoms with Gasteiger partial charge in [0.1, 0.15) is 5.82 Å². The molecular formula is C14H16FNOS. The van der Waals surface area contributed by atoms with Gasteiger partial charge in [0.05, 0.1) is 12.6 Å². The molecule has 0 amide bonds. The maximum Gasteiger partial charge on any atom is 0.123 e. The van der Waals surface area contributed by atoms with Crippen LogP contribution in [0.2, 0.25) is 0 Å². The predicted octanol–water partition coefficient (Wildman–Crippen LogP) is 3.02. The summed E-state index contributed by atoms with van der Waals surface area (Å²) in [6.07, 6.45) is 0. The molecule has 0 saturated heterocycles. The standard InChI is InChI=1S/C14H16FNOS/c1-10-7-11(15)4-5-13(10)14(9-17)16-8-12-3-2-6-18-12/h2-7,14,16-17H,8-9H2,1H3. The van der Waals surface area contributed by atoms with Crippen LogP contribution in [0, 0.1) is 12.7 Å². The molecule has 2 nitrogen and oxygen atoms in total. The molecule has 96 valence electrons. The van der Waals surface area contributed by atoms with E-state index in [9.17, 15) is 9.50 Å². The molecule has 0 saturated carbocycles. The Bertz CT molecular complexity index is 499. The molecule has 1 aromatic heterocycles. The van der Waals surface area contributed by atoms with Crippen LogP contribution >= 0.6 is 11.3 Å². The van der Waals surface area contributed by atoms with Crippen LogP contribution in [0.5, 0.6) is 0 Å². The Morgan fingerprint density at radius 2 is 2.22 bits per heavy atom. The minimum Gasteiger partial charge on any atom is -0.394 e. The van der Waals surface area contributed by atoms with Crippen molar-refractivity contribution < 1.29 is 9.50 Å². The first-order valence-corrected chi connectivity index (χ1v) is 6.71. The Kier molecular flexibility index (Phi) is 4.47. The van der Waals surface area contributed by atoms with Crippen molar-refractivity contribution in [3.63, 3.8) is 0 Å². The Morgan fingerprint density at radius 1 is 1.39 bits per heavy atom. The second-order valence-corrected chi connectivity index (χ2v) is 5.23. The summed E-state index contributed by atoms with van der Waals surface area (Å²) in [6, 6.07) is 8.53. The Balaban J connectivity index is 2.08. The lowest BCUT2D eigenvalue weighted by molar-refractivity contribution is 0.243. The van der Waals surface area contributed by atoms with E-state index in [0.29, 0.717) is 6.54 Å². The third kappa shape index (κ3) is 3.16. The molecule has 1 atom stereocenters. The van der Waals surface area contributed by atoms with E-state index in [1.165, 1.54) is 17.0 Å². The quantitative estimate of drug-likeness (QED) is 0.871. The van der Waals surface area contributed by atoms with Crippen LogP contribution in [0.4, 0.5) is 4.39 Å². The van der Waals surface area contributed by atoms with Gasteiger partial charge in [0, 0.05) is 11.4 Å². The number of rotatable bonds is 5. The number of aliphatic hydroxyl groups excluding tert-OH is 1. The smallest absolute Gasteiger partial charge is 0.123 e. The van der Waals surface area contributed by atoms with Crippen molar-refractivity contribution in [2.45, 2.75) is 19.5 Å². The average molecular weight is 265 g/mol. The topological polar surface area (TPSA) is 32.3 Å². The number of benzene rings is 1. The molecule has 0 aliphatic heterocycles. The molecule has 0 aliphatic rings. The van der Waals surface area contributed by atoms with Gasteiger partial charge in [0.25, 0.3) is 0 Å². The van der Waals surface area contributed by atoms with E-state index in [1.807, 2.05) is 24.4 Å². The van der Waals surface area contributed by atoms with Gasteiger partial charge in [-0.05, 0) is 41.6 Å². The minimum absolute atomic E-state index is 0.00214. The Hall–Kier alpha value is -1.23. The maximum absolute atomic E-state index is 13.0. The van der Waals surface area contributed by atoms with Crippen LogP contribution in [0.1, 0.15) is 22.0 Å². The molecule has 0 aliphatic carbocycles. The zero-order valence-electron chi connectivity index (χ0n) is 10.2. The molecule has 4 heteroatoms. The maximum atomic E-state index is 13.0. The van der Waals surface area contributed by atoms with Crippen LogP contribution in [0.3, 0.4) is 0 Å². The van der Waals surface area contributed by atoms with Crippen LogP contribution in [0.15, 0.2) is 35.7 Å². The first-order valence-electron chi connectivity index (χ1n) is 5.83. The highest BCUT2D eigenvalue weighted by molar-refractivity contribution is 7.09. The summed E-state index contributed by atoms with van der Waals surface area (Å²) in [5, 5.41) is 14.8. The van der Waals surface area contributed by atoms with Gasteiger partial charge in [-0.2, -0.15) is 0 Å². The van der Waals surface area contributed by atoms with E-state index in [2.05, 4.69) is 5.32 Å². The summed E-state index contributed by atoms with van der Waals surface area (Å²) >= 11 is 1.67. The monoisotopic (exact) mass is 265 g/mol. The number of halogens is 1. The zero-order chi connectivity index (χ0) is 13.0. The van der Waals surface area contributed by atoms with E-state index >= 15 is 0 Å². The first-order chi connectivity index (χ1) is 8.70. The summed E-state index contributed by atoms with van der Waals surface area (Å²) in [4.78, 5) is 1.22. The fraction of sp³-hybridized carbons (Fsp3) is 0.286. The molecule has 0 fully saturated rings. The Labute approximate surface area is 110 Å². The van der Waals surface area contributed by atoms with Crippen LogP contribution < -0.4 is 5.32 Å². The van der Waals surface area contributed by atoms with Gasteiger partial charge in [-0.3, -0.25) is 0 Å². The van der Waals surface area contributed by atoms with Crippen LogP contribution in [-0.2, 0) is 6.54 Å². The minimum atomic E-state index is -0.244. The molecule has 0 bridgehead atoms. The lowest BCUT2D eigenvalue weighted by atomic mass is 10.0. The normalized spacial score (nSPS) is 12.6. The number of aliphatic hydroxyl groups is 1. The van der Waals surface area contributed by atoms with Gasteiger partial charge in [-0.25, -0.2) is 4.39 Å². The van der Waals surface area contributed by atoms with Gasteiger partial charge >= 0.3 is 0 Å². The van der Waals surface area contributed by atoms with Gasteiger partial charge in [-0.1, -0.05) is 12.1 Å². The summed E-state index contributed by atoms with van der Waals surface area (Å²) in [5.74, 6) is -0.244. The van der Waals surface area contributed by atoms with E-state index < -0.39 is 0 Å². The molecule has 0 radical (unpaired) electrons. The number of hydrogen-bond acceptors (Lipinski definition) is 3. The SMILES string of the molecule is Cc1cc(F)ccc1C(CO)NCc1cccs1. The molecule has 1 aromatic carbocycles. The molecule has 18 heavy (non-hydrogen) atoms. The molecule has 2 N–H and O–H groups in total. The van der Waals surface area contributed by atoms with Gasteiger partial charge in [0.15, 0.2) is 0 Å². The van der Waals surface area contributed by atoms with Gasteiger partial charge < -0.3 is 10.4 Å². The van der Waals surface area contributed by atoms with Crippen molar-refractivity contribution in [3.05, 3.63) is 57.5 Å². The molecule has 1 heterocycles. The highest BCUT2D eigenvalue weighted by Gasteiger charge is 2.12. The summed E-state index contributed by atoms with van der Waals surface area (Å²) < 4.78 is 13.0.